The van der Waals surface area contributed by atoms with Crippen molar-refractivity contribution in [2.45, 2.75) is 33.8 Å². The summed E-state index contributed by atoms with van der Waals surface area (Å²) >= 11 is 0. The molecule has 1 heterocycles. The molecule has 0 unspecified atom stereocenters. The van der Waals surface area contributed by atoms with Crippen molar-refractivity contribution in [1.82, 2.24) is 15.0 Å². The summed E-state index contributed by atoms with van der Waals surface area (Å²) in [7, 11) is 1.89. The highest BCUT2D eigenvalue weighted by molar-refractivity contribution is 5.61. The van der Waals surface area contributed by atoms with Crippen LogP contribution in [-0.2, 0) is 0 Å². The molecule has 112 valence electrons. The van der Waals surface area contributed by atoms with E-state index < -0.39 is 0 Å². The molecule has 2 rings (SSSR count). The maximum atomic E-state index is 5.74. The summed E-state index contributed by atoms with van der Waals surface area (Å²) in [6.45, 7) is 7.93. The van der Waals surface area contributed by atoms with Gasteiger partial charge in [0.1, 0.15) is 0 Å². The fourth-order valence-corrected chi connectivity index (χ4v) is 2.06. The normalized spacial score (nSPS) is 10.8. The van der Waals surface area contributed by atoms with E-state index in [1.54, 1.807) is 0 Å². The van der Waals surface area contributed by atoms with Crippen LogP contribution in [0.3, 0.4) is 0 Å². The molecule has 0 atom stereocenters. The Bertz CT molecular complexity index is 642. The Labute approximate surface area is 125 Å². The number of benzene rings is 1. The van der Waals surface area contributed by atoms with Crippen LogP contribution >= 0.6 is 0 Å². The molecule has 0 spiro atoms. The molecule has 0 aliphatic rings. The first-order chi connectivity index (χ1) is 9.86. The van der Waals surface area contributed by atoms with Gasteiger partial charge in [0.2, 0.25) is 11.9 Å². The third kappa shape index (κ3) is 3.59. The lowest BCUT2D eigenvalue weighted by atomic mass is 10.1. The van der Waals surface area contributed by atoms with Gasteiger partial charge in [0.25, 0.3) is 0 Å². The lowest BCUT2D eigenvalue weighted by molar-refractivity contribution is 0.222. The molecule has 0 amide bonds. The van der Waals surface area contributed by atoms with E-state index in [0.717, 1.165) is 11.3 Å². The molecule has 6 nitrogen and oxygen atoms in total. The molecule has 0 radical (unpaired) electrons. The molecule has 0 bridgehead atoms. The summed E-state index contributed by atoms with van der Waals surface area (Å²) in [5.74, 6) is 0.609. The number of aromatic nitrogens is 3. The minimum absolute atomic E-state index is 0.0222. The van der Waals surface area contributed by atoms with Gasteiger partial charge < -0.3 is 15.4 Å². The Balaban J connectivity index is 2.38. The predicted octanol–water partition coefficient (Wildman–Crippen LogP) is 2.63. The maximum absolute atomic E-state index is 5.74. The Morgan fingerprint density at radius 3 is 2.48 bits per heavy atom. The van der Waals surface area contributed by atoms with Gasteiger partial charge in [-0.25, -0.2) is 0 Å². The van der Waals surface area contributed by atoms with Crippen LogP contribution in [-0.4, -0.2) is 28.1 Å². The second-order valence-corrected chi connectivity index (χ2v) is 5.29. The Morgan fingerprint density at radius 1 is 1.14 bits per heavy atom. The van der Waals surface area contributed by atoms with Gasteiger partial charge in [-0.2, -0.15) is 15.0 Å². The van der Waals surface area contributed by atoms with Crippen LogP contribution in [0.5, 0.6) is 6.01 Å². The summed E-state index contributed by atoms with van der Waals surface area (Å²) in [5, 5.41) is 0. The molecule has 0 aliphatic heterocycles. The molecule has 0 saturated heterocycles. The molecule has 6 heteroatoms. The summed E-state index contributed by atoms with van der Waals surface area (Å²) in [6.07, 6.45) is -0.0222. The Hall–Kier alpha value is -2.37. The SMILES string of the molecule is Cc1ccc(N(C)c2nc(N)nc(OC(C)C)n2)c(C)c1. The van der Waals surface area contributed by atoms with Crippen LogP contribution in [0.15, 0.2) is 18.2 Å². The second kappa shape index (κ2) is 5.95. The zero-order valence-electron chi connectivity index (χ0n) is 13.1. The smallest absolute Gasteiger partial charge is 0.323 e. The van der Waals surface area contributed by atoms with Crippen molar-refractivity contribution in [3.05, 3.63) is 29.3 Å². The van der Waals surface area contributed by atoms with Crippen molar-refractivity contribution < 1.29 is 4.74 Å². The van der Waals surface area contributed by atoms with E-state index in [-0.39, 0.29) is 18.1 Å². The fourth-order valence-electron chi connectivity index (χ4n) is 2.06. The lowest BCUT2D eigenvalue weighted by Crippen LogP contribution is -2.18. The van der Waals surface area contributed by atoms with Gasteiger partial charge in [-0.05, 0) is 39.3 Å². The molecule has 0 fully saturated rings. The van der Waals surface area contributed by atoms with Crippen molar-refractivity contribution in [2.75, 3.05) is 17.7 Å². The number of nitrogens with two attached hydrogens (primary N) is 1. The topological polar surface area (TPSA) is 77.2 Å². The number of rotatable bonds is 4. The van der Waals surface area contributed by atoms with Crippen molar-refractivity contribution in [1.29, 1.82) is 0 Å². The van der Waals surface area contributed by atoms with Gasteiger partial charge in [0.15, 0.2) is 0 Å². The number of nitrogen functional groups attached to an aromatic ring is 1. The highest BCUT2D eigenvalue weighted by Crippen LogP contribution is 2.26. The zero-order valence-corrected chi connectivity index (χ0v) is 13.1. The number of hydrogen-bond donors (Lipinski definition) is 1. The average Bonchev–Trinajstić information content (AvgIpc) is 2.36. The van der Waals surface area contributed by atoms with Crippen molar-refractivity contribution in [3.63, 3.8) is 0 Å². The van der Waals surface area contributed by atoms with E-state index in [1.807, 2.05) is 31.9 Å². The predicted molar refractivity (Wildman–Crippen MR) is 84.0 cm³/mol. The van der Waals surface area contributed by atoms with Gasteiger partial charge in [0.05, 0.1) is 6.10 Å². The summed E-state index contributed by atoms with van der Waals surface area (Å²) in [6, 6.07) is 6.44. The quantitative estimate of drug-likeness (QED) is 0.931. The van der Waals surface area contributed by atoms with E-state index in [2.05, 4.69) is 40.9 Å². The van der Waals surface area contributed by atoms with Crippen molar-refractivity contribution in [2.24, 2.45) is 0 Å². The molecule has 0 saturated carbocycles. The van der Waals surface area contributed by atoms with Crippen LogP contribution in [0.1, 0.15) is 25.0 Å². The monoisotopic (exact) mass is 287 g/mol. The molecular formula is C15H21N5O. The third-order valence-electron chi connectivity index (χ3n) is 2.98. The molecular weight excluding hydrogens is 266 g/mol. The van der Waals surface area contributed by atoms with Crippen LogP contribution in [0.2, 0.25) is 0 Å². The van der Waals surface area contributed by atoms with Crippen LogP contribution in [0.25, 0.3) is 0 Å². The van der Waals surface area contributed by atoms with Crippen LogP contribution in [0, 0.1) is 13.8 Å². The minimum Gasteiger partial charge on any atom is -0.461 e. The summed E-state index contributed by atoms with van der Waals surface area (Å²) in [5.41, 5.74) is 9.11. The Morgan fingerprint density at radius 2 is 1.86 bits per heavy atom. The van der Waals surface area contributed by atoms with Crippen LogP contribution in [0.4, 0.5) is 17.6 Å². The minimum atomic E-state index is -0.0222. The van der Waals surface area contributed by atoms with E-state index >= 15 is 0 Å². The molecule has 0 aliphatic carbocycles. The first-order valence-corrected chi connectivity index (χ1v) is 6.86. The van der Waals surface area contributed by atoms with Crippen molar-refractivity contribution >= 4 is 17.6 Å². The fraction of sp³-hybridized carbons (Fsp3) is 0.400. The standard InChI is InChI=1S/C15H21N5O/c1-9(2)21-15-18-13(16)17-14(19-15)20(5)12-7-6-10(3)8-11(12)4/h6-9H,1-5H3,(H2,16,17,18,19). The van der Waals surface area contributed by atoms with E-state index in [9.17, 15) is 0 Å². The molecule has 2 aromatic rings. The van der Waals surface area contributed by atoms with Gasteiger partial charge in [0, 0.05) is 12.7 Å². The lowest BCUT2D eigenvalue weighted by Gasteiger charge is -2.20. The van der Waals surface area contributed by atoms with Gasteiger partial charge >= 0.3 is 6.01 Å². The highest BCUT2D eigenvalue weighted by atomic mass is 16.5. The second-order valence-electron chi connectivity index (χ2n) is 5.29. The number of ether oxygens (including phenoxy) is 1. The van der Waals surface area contributed by atoms with E-state index in [4.69, 9.17) is 10.5 Å². The van der Waals surface area contributed by atoms with Gasteiger partial charge in [-0.1, -0.05) is 17.7 Å². The molecule has 2 N–H and O–H groups in total. The number of anilines is 3. The summed E-state index contributed by atoms with van der Waals surface area (Å²) < 4.78 is 5.50. The first kappa shape index (κ1) is 15.0. The number of hydrogen-bond acceptors (Lipinski definition) is 6. The highest BCUT2D eigenvalue weighted by Gasteiger charge is 2.14. The van der Waals surface area contributed by atoms with Gasteiger partial charge in [-0.15, -0.1) is 0 Å². The van der Waals surface area contributed by atoms with E-state index in [0.29, 0.717) is 5.95 Å². The first-order valence-electron chi connectivity index (χ1n) is 6.86. The summed E-state index contributed by atoms with van der Waals surface area (Å²) in [4.78, 5) is 14.4. The van der Waals surface area contributed by atoms with Crippen LogP contribution < -0.4 is 15.4 Å². The largest absolute Gasteiger partial charge is 0.461 e. The average molecular weight is 287 g/mol. The molecule has 1 aromatic carbocycles. The number of nitrogens with zero attached hydrogens (tertiary/aromatic N) is 4. The third-order valence-corrected chi connectivity index (χ3v) is 2.98. The number of aryl methyl sites for hydroxylation is 2. The zero-order chi connectivity index (χ0) is 15.6. The Kier molecular flexibility index (Phi) is 4.26. The van der Waals surface area contributed by atoms with E-state index in [1.165, 1.54) is 5.56 Å². The van der Waals surface area contributed by atoms with Crippen molar-refractivity contribution in [3.8, 4) is 6.01 Å². The molecule has 21 heavy (non-hydrogen) atoms. The molecule has 1 aromatic heterocycles. The van der Waals surface area contributed by atoms with Gasteiger partial charge in [-0.3, -0.25) is 0 Å². The maximum Gasteiger partial charge on any atom is 0.323 e.